The highest BCUT2D eigenvalue weighted by atomic mass is 16.5. The van der Waals surface area contributed by atoms with Gasteiger partial charge in [0, 0.05) is 18.5 Å². The molecule has 1 aliphatic heterocycles. The van der Waals surface area contributed by atoms with Crippen LogP contribution in [-0.2, 0) is 24.3 Å². The molecule has 1 amide bonds. The number of rotatable bonds is 4. The molecule has 3 aromatic rings. The summed E-state index contributed by atoms with van der Waals surface area (Å²) in [6, 6.07) is 11.3. The van der Waals surface area contributed by atoms with Crippen LogP contribution in [0, 0.1) is 0 Å². The van der Waals surface area contributed by atoms with Gasteiger partial charge in [0.25, 0.3) is 5.56 Å². The van der Waals surface area contributed by atoms with E-state index in [0.29, 0.717) is 28.6 Å². The molecule has 0 spiro atoms. The van der Waals surface area contributed by atoms with Crippen LogP contribution in [0.3, 0.4) is 0 Å². The first kappa shape index (κ1) is 17.0. The summed E-state index contributed by atoms with van der Waals surface area (Å²) in [6.45, 7) is 0.756. The van der Waals surface area contributed by atoms with Crippen molar-refractivity contribution in [3.8, 4) is 0 Å². The first-order chi connectivity index (χ1) is 13.0. The molecule has 0 saturated heterocycles. The van der Waals surface area contributed by atoms with Crippen LogP contribution in [0.5, 0.6) is 0 Å². The molecule has 2 N–H and O–H groups in total. The Bertz CT molecular complexity index is 1120. The number of carbonyl (C=O) groups excluding carboxylic acids is 2. The molecule has 0 fully saturated rings. The van der Waals surface area contributed by atoms with Crippen molar-refractivity contribution in [1.82, 2.24) is 9.55 Å². The molecule has 0 radical (unpaired) electrons. The maximum absolute atomic E-state index is 12.5. The van der Waals surface area contributed by atoms with Crippen LogP contribution in [0.2, 0.25) is 0 Å². The molecule has 2 aromatic carbocycles. The van der Waals surface area contributed by atoms with Crippen LogP contribution in [-0.4, -0.2) is 21.4 Å². The van der Waals surface area contributed by atoms with Crippen LogP contribution >= 0.6 is 0 Å². The highest BCUT2D eigenvalue weighted by Gasteiger charge is 2.17. The van der Waals surface area contributed by atoms with Crippen molar-refractivity contribution in [3.05, 3.63) is 75.3 Å². The molecule has 4 rings (SSSR count). The number of benzene rings is 2. The Hall–Kier alpha value is -3.48. The highest BCUT2D eigenvalue weighted by Crippen LogP contribution is 2.17. The maximum atomic E-state index is 12.5. The number of ether oxygens (including phenoxy) is 1. The fraction of sp³-hybridized carbons (Fsp3) is 0.200. The monoisotopic (exact) mass is 363 g/mol. The van der Waals surface area contributed by atoms with Gasteiger partial charge in [-0.15, -0.1) is 0 Å². The molecule has 0 unspecified atom stereocenters. The third kappa shape index (κ3) is 3.19. The summed E-state index contributed by atoms with van der Waals surface area (Å²) >= 11 is 0. The number of hydrogen-bond acceptors (Lipinski definition) is 5. The number of fused-ring (bicyclic) bond motifs is 2. The molecule has 0 aliphatic carbocycles. The van der Waals surface area contributed by atoms with Crippen LogP contribution < -0.4 is 11.3 Å². The molecule has 27 heavy (non-hydrogen) atoms. The summed E-state index contributed by atoms with van der Waals surface area (Å²) in [6.07, 6.45) is 1.67. The second-order valence-corrected chi connectivity index (χ2v) is 6.46. The fourth-order valence-electron chi connectivity index (χ4n) is 3.21. The van der Waals surface area contributed by atoms with E-state index in [1.165, 1.54) is 0 Å². The van der Waals surface area contributed by atoms with E-state index in [9.17, 15) is 14.4 Å². The van der Waals surface area contributed by atoms with Gasteiger partial charge in [0.1, 0.15) is 12.4 Å². The average Bonchev–Trinajstić information content (AvgIpc) is 3.15. The third-order valence-electron chi connectivity index (χ3n) is 4.66. The van der Waals surface area contributed by atoms with Crippen molar-refractivity contribution in [2.24, 2.45) is 5.73 Å². The largest absolute Gasteiger partial charge is 0.457 e. The van der Waals surface area contributed by atoms with Gasteiger partial charge >= 0.3 is 5.97 Å². The van der Waals surface area contributed by atoms with Crippen LogP contribution in [0.1, 0.15) is 38.5 Å². The standard InChI is InChI=1S/C20H17N3O4/c21-18(24)13-5-3-12(4-6-13)11-27-20(26)14-7-8-15-16(10-14)22-17-2-1-9-23(17)19(15)25/h3-8,10H,1-2,9,11H2,(H2,21,24). The Morgan fingerprint density at radius 2 is 1.85 bits per heavy atom. The zero-order valence-corrected chi connectivity index (χ0v) is 14.5. The van der Waals surface area contributed by atoms with Crippen molar-refractivity contribution in [2.45, 2.75) is 26.0 Å². The number of carbonyl (C=O) groups is 2. The van der Waals surface area contributed by atoms with Crippen molar-refractivity contribution >= 4 is 22.8 Å². The molecular formula is C20H17N3O4. The topological polar surface area (TPSA) is 104 Å². The van der Waals surface area contributed by atoms with E-state index >= 15 is 0 Å². The lowest BCUT2D eigenvalue weighted by Crippen LogP contribution is -2.21. The summed E-state index contributed by atoms with van der Waals surface area (Å²) in [7, 11) is 0. The van der Waals surface area contributed by atoms with Crippen LogP contribution in [0.4, 0.5) is 0 Å². The summed E-state index contributed by atoms with van der Waals surface area (Å²) < 4.78 is 7.01. The first-order valence-corrected chi connectivity index (χ1v) is 8.62. The number of hydrogen-bond donors (Lipinski definition) is 1. The highest BCUT2D eigenvalue weighted by molar-refractivity contribution is 5.94. The second-order valence-electron chi connectivity index (χ2n) is 6.46. The number of aryl methyl sites for hydroxylation is 1. The van der Waals surface area contributed by atoms with E-state index in [1.807, 2.05) is 0 Å². The molecule has 136 valence electrons. The van der Waals surface area contributed by atoms with Gasteiger partial charge < -0.3 is 10.5 Å². The SMILES string of the molecule is NC(=O)c1ccc(COC(=O)c2ccc3c(=O)n4c(nc3c2)CCC4)cc1. The number of nitrogens with zero attached hydrogens (tertiary/aromatic N) is 2. The number of nitrogens with two attached hydrogens (primary N) is 1. The Balaban J connectivity index is 1.53. The fourth-order valence-corrected chi connectivity index (χ4v) is 3.21. The van der Waals surface area contributed by atoms with Gasteiger partial charge in [-0.3, -0.25) is 14.2 Å². The average molecular weight is 363 g/mol. The minimum absolute atomic E-state index is 0.0657. The molecule has 0 bridgehead atoms. The van der Waals surface area contributed by atoms with Gasteiger partial charge in [0.2, 0.25) is 5.91 Å². The predicted octanol–water partition coefficient (Wildman–Crippen LogP) is 1.80. The van der Waals surface area contributed by atoms with E-state index in [-0.39, 0.29) is 12.2 Å². The first-order valence-electron chi connectivity index (χ1n) is 8.62. The summed E-state index contributed by atoms with van der Waals surface area (Å²) in [5.74, 6) is -0.254. The normalized spacial score (nSPS) is 12.7. The molecule has 7 heteroatoms. The number of amides is 1. The van der Waals surface area contributed by atoms with Gasteiger partial charge in [0.05, 0.1) is 16.5 Å². The lowest BCUT2D eigenvalue weighted by molar-refractivity contribution is 0.0472. The molecule has 0 saturated carbocycles. The zero-order chi connectivity index (χ0) is 19.0. The molecule has 7 nitrogen and oxygen atoms in total. The van der Waals surface area contributed by atoms with Gasteiger partial charge in [0.15, 0.2) is 0 Å². The minimum atomic E-state index is -0.510. The number of esters is 1. The Morgan fingerprint density at radius 3 is 2.59 bits per heavy atom. The van der Waals surface area contributed by atoms with Crippen LogP contribution in [0.25, 0.3) is 10.9 Å². The predicted molar refractivity (Wildman–Crippen MR) is 98.4 cm³/mol. The number of aromatic nitrogens is 2. The summed E-state index contributed by atoms with van der Waals surface area (Å²) in [5, 5.41) is 0.499. The van der Waals surface area contributed by atoms with E-state index < -0.39 is 11.9 Å². The van der Waals surface area contributed by atoms with Crippen molar-refractivity contribution in [3.63, 3.8) is 0 Å². The Kier molecular flexibility index (Phi) is 4.19. The molecule has 1 aromatic heterocycles. The molecule has 2 heterocycles. The number of primary amides is 1. The van der Waals surface area contributed by atoms with E-state index in [1.54, 1.807) is 47.0 Å². The van der Waals surface area contributed by atoms with Gasteiger partial charge in [-0.1, -0.05) is 12.1 Å². The van der Waals surface area contributed by atoms with Crippen LogP contribution in [0.15, 0.2) is 47.3 Å². The van der Waals surface area contributed by atoms with E-state index in [0.717, 1.165) is 24.2 Å². The molecule has 1 aliphatic rings. The van der Waals surface area contributed by atoms with Gasteiger partial charge in [-0.05, 0) is 42.3 Å². The zero-order valence-electron chi connectivity index (χ0n) is 14.5. The quantitative estimate of drug-likeness (QED) is 0.712. The maximum Gasteiger partial charge on any atom is 0.338 e. The van der Waals surface area contributed by atoms with Crippen molar-refractivity contribution < 1.29 is 14.3 Å². The van der Waals surface area contributed by atoms with Gasteiger partial charge in [-0.25, -0.2) is 9.78 Å². The van der Waals surface area contributed by atoms with E-state index in [4.69, 9.17) is 10.5 Å². The third-order valence-corrected chi connectivity index (χ3v) is 4.66. The van der Waals surface area contributed by atoms with Crippen molar-refractivity contribution in [1.29, 1.82) is 0 Å². The Labute approximate surface area is 154 Å². The summed E-state index contributed by atoms with van der Waals surface area (Å²) in [4.78, 5) is 40.4. The Morgan fingerprint density at radius 1 is 1.11 bits per heavy atom. The van der Waals surface area contributed by atoms with Gasteiger partial charge in [-0.2, -0.15) is 0 Å². The molecule has 0 atom stereocenters. The van der Waals surface area contributed by atoms with Crippen molar-refractivity contribution in [2.75, 3.05) is 0 Å². The smallest absolute Gasteiger partial charge is 0.338 e. The molecular weight excluding hydrogens is 346 g/mol. The minimum Gasteiger partial charge on any atom is -0.457 e. The lowest BCUT2D eigenvalue weighted by atomic mass is 10.1. The summed E-state index contributed by atoms with van der Waals surface area (Å²) in [5.41, 5.74) is 7.11. The second kappa shape index (κ2) is 6.68. The lowest BCUT2D eigenvalue weighted by Gasteiger charge is -2.08. The van der Waals surface area contributed by atoms with E-state index in [2.05, 4.69) is 4.98 Å².